The number of benzene rings is 2. The number of ketones is 2. The standard InChI is InChI=1S/C31H33BrN4O8.BrH/c1-35(2)16-8-5-13(6-9-16)22(32)30(43)34-18-10-7-14-11-15-12-17-23(36(3)4)26(39)21(29(33)42)28(41)31(17,44)27(40)20(15)25(38)19(14)24(18)37;/h5-10,15,17,22-23,37-38,41,44H,11-12H2,1-4H3,(H2,33,42)(H,34,43);1H/t15?,17?,22?,23-,31?;/m0./s1. The van der Waals surface area contributed by atoms with E-state index in [0.29, 0.717) is 11.1 Å². The number of aliphatic hydroxyl groups is 3. The lowest BCUT2D eigenvalue weighted by molar-refractivity contribution is -0.153. The zero-order valence-corrected chi connectivity index (χ0v) is 28.2. The molecule has 7 N–H and O–H groups in total. The number of likely N-dealkylation sites (N-methyl/N-ethyl adjacent to an activating group) is 1. The predicted octanol–water partition coefficient (Wildman–Crippen LogP) is 2.68. The highest BCUT2D eigenvalue weighted by molar-refractivity contribution is 9.09. The molecule has 2 amide bonds. The van der Waals surface area contributed by atoms with Crippen LogP contribution in [0.5, 0.6) is 5.75 Å². The molecule has 0 aliphatic heterocycles. The van der Waals surface area contributed by atoms with Crippen molar-refractivity contribution < 1.29 is 39.6 Å². The molecule has 3 aliphatic carbocycles. The summed E-state index contributed by atoms with van der Waals surface area (Å²) in [6.07, 6.45) is 0.137. The molecular weight excluding hydrogens is 716 g/mol. The van der Waals surface area contributed by atoms with Crippen LogP contribution >= 0.6 is 32.9 Å². The van der Waals surface area contributed by atoms with Gasteiger partial charge in [0.15, 0.2) is 11.4 Å². The number of nitrogens with zero attached hydrogens (tertiary/aromatic N) is 2. The van der Waals surface area contributed by atoms with Crippen LogP contribution in [0.25, 0.3) is 5.76 Å². The molecule has 5 rings (SSSR count). The lowest BCUT2D eigenvalue weighted by Gasteiger charge is -2.50. The third-order valence-corrected chi connectivity index (χ3v) is 9.73. The molecule has 240 valence electrons. The van der Waals surface area contributed by atoms with Gasteiger partial charge in [0.25, 0.3) is 5.91 Å². The molecule has 0 bridgehead atoms. The Morgan fingerprint density at radius 2 is 1.67 bits per heavy atom. The normalized spacial score (nSPS) is 24.7. The number of carbonyl (C=O) groups is 4. The first-order valence-corrected chi connectivity index (χ1v) is 14.7. The van der Waals surface area contributed by atoms with Crippen molar-refractivity contribution in [1.29, 1.82) is 0 Å². The van der Waals surface area contributed by atoms with E-state index in [-0.39, 0.29) is 46.6 Å². The quantitative estimate of drug-likeness (QED) is 0.145. The van der Waals surface area contributed by atoms with Gasteiger partial charge in [-0.1, -0.05) is 34.1 Å². The molecule has 1 fully saturated rings. The van der Waals surface area contributed by atoms with Crippen LogP contribution in [0.1, 0.15) is 27.9 Å². The molecule has 0 heterocycles. The molecule has 45 heavy (non-hydrogen) atoms. The Labute approximate surface area is 278 Å². The number of Topliss-reactive ketones (excluding diaryl/α,β-unsaturated/α-hetero) is 2. The second-order valence-corrected chi connectivity index (χ2v) is 12.7. The summed E-state index contributed by atoms with van der Waals surface area (Å²) in [7, 11) is 6.87. The van der Waals surface area contributed by atoms with Crippen LogP contribution in [0.3, 0.4) is 0 Å². The highest BCUT2D eigenvalue weighted by Gasteiger charge is 2.64. The van der Waals surface area contributed by atoms with Gasteiger partial charge >= 0.3 is 0 Å². The Morgan fingerprint density at radius 1 is 1.04 bits per heavy atom. The maximum absolute atomic E-state index is 14.0. The molecular formula is C31H34Br2N4O8. The molecule has 3 aliphatic rings. The number of phenolic OH excluding ortho intramolecular Hbond substituents is 1. The molecule has 1 saturated carbocycles. The molecule has 2 aromatic carbocycles. The zero-order valence-electron chi connectivity index (χ0n) is 24.9. The van der Waals surface area contributed by atoms with E-state index in [2.05, 4.69) is 21.2 Å². The van der Waals surface area contributed by atoms with Gasteiger partial charge in [-0.2, -0.15) is 0 Å². The summed E-state index contributed by atoms with van der Waals surface area (Å²) in [5.74, 6) is -7.84. The van der Waals surface area contributed by atoms with Crippen LogP contribution < -0.4 is 16.0 Å². The Bertz CT molecular complexity index is 1670. The van der Waals surface area contributed by atoms with E-state index in [9.17, 15) is 39.6 Å². The van der Waals surface area contributed by atoms with Gasteiger partial charge in [0.1, 0.15) is 27.7 Å². The number of aliphatic hydroxyl groups excluding tert-OH is 2. The smallest absolute Gasteiger partial charge is 0.255 e. The molecule has 12 nitrogen and oxygen atoms in total. The number of phenols is 1. The number of rotatable bonds is 6. The van der Waals surface area contributed by atoms with Crippen molar-refractivity contribution in [2.24, 2.45) is 17.6 Å². The van der Waals surface area contributed by atoms with Crippen LogP contribution in [0, 0.1) is 11.8 Å². The Hall–Kier alpha value is -3.72. The fourth-order valence-corrected chi connectivity index (χ4v) is 7.03. The number of primary amides is 1. The zero-order chi connectivity index (χ0) is 32.4. The van der Waals surface area contributed by atoms with Crippen molar-refractivity contribution in [3.05, 3.63) is 70.0 Å². The number of alkyl halides is 1. The van der Waals surface area contributed by atoms with Gasteiger partial charge in [-0.3, -0.25) is 24.1 Å². The highest BCUT2D eigenvalue weighted by Crippen LogP contribution is 2.53. The summed E-state index contributed by atoms with van der Waals surface area (Å²) in [4.78, 5) is 55.0. The fraction of sp³-hybridized carbons (Fsp3) is 0.355. The number of hydrogen-bond acceptors (Lipinski definition) is 10. The van der Waals surface area contributed by atoms with E-state index in [1.54, 1.807) is 18.2 Å². The number of carbonyl (C=O) groups excluding carboxylic acids is 4. The molecule has 2 aromatic rings. The van der Waals surface area contributed by atoms with Crippen molar-refractivity contribution in [2.75, 3.05) is 38.4 Å². The first-order chi connectivity index (χ1) is 20.6. The van der Waals surface area contributed by atoms with Gasteiger partial charge in [-0.05, 0) is 62.2 Å². The van der Waals surface area contributed by atoms with Crippen molar-refractivity contribution in [3.63, 3.8) is 0 Å². The Kier molecular flexibility index (Phi) is 9.29. The van der Waals surface area contributed by atoms with Gasteiger partial charge < -0.3 is 36.4 Å². The lowest BCUT2D eigenvalue weighted by atomic mass is 9.57. The minimum atomic E-state index is -2.72. The summed E-state index contributed by atoms with van der Waals surface area (Å²) < 4.78 is 0. The number of nitrogens with one attached hydrogen (secondary N) is 1. The Balaban J connectivity index is 0.00000461. The summed E-state index contributed by atoms with van der Waals surface area (Å²) in [5.41, 5.74) is 3.44. The molecule has 4 unspecified atom stereocenters. The first kappa shape index (κ1) is 34.2. The number of nitrogens with two attached hydrogens (primary N) is 1. The minimum Gasteiger partial charge on any atom is -0.508 e. The average molecular weight is 750 g/mol. The third kappa shape index (κ3) is 5.33. The van der Waals surface area contributed by atoms with E-state index in [1.807, 2.05) is 31.1 Å². The highest BCUT2D eigenvalue weighted by atomic mass is 79.9. The summed E-state index contributed by atoms with van der Waals surface area (Å²) >= 11 is 3.39. The molecule has 0 radical (unpaired) electrons. The Morgan fingerprint density at radius 3 is 2.22 bits per heavy atom. The van der Waals surface area contributed by atoms with Crippen molar-refractivity contribution in [2.45, 2.75) is 29.3 Å². The van der Waals surface area contributed by atoms with Crippen LogP contribution in [-0.4, -0.2) is 88.5 Å². The number of fused-ring (bicyclic) bond motifs is 3. The van der Waals surface area contributed by atoms with Gasteiger partial charge in [0.05, 0.1) is 17.3 Å². The van der Waals surface area contributed by atoms with E-state index < -0.39 is 74.5 Å². The monoisotopic (exact) mass is 748 g/mol. The number of halogens is 2. The topological polar surface area (TPSA) is 194 Å². The van der Waals surface area contributed by atoms with Gasteiger partial charge in [0.2, 0.25) is 11.7 Å². The minimum absolute atomic E-state index is 0. The molecule has 0 aromatic heterocycles. The van der Waals surface area contributed by atoms with Crippen LogP contribution in [0.15, 0.2) is 53.3 Å². The second kappa shape index (κ2) is 12.2. The van der Waals surface area contributed by atoms with Crippen molar-refractivity contribution in [3.8, 4) is 5.75 Å². The maximum atomic E-state index is 14.0. The summed E-state index contributed by atoms with van der Waals surface area (Å²) in [6, 6.07) is 9.23. The van der Waals surface area contributed by atoms with Crippen LogP contribution in [-0.2, 0) is 25.6 Å². The number of aromatic hydroxyl groups is 1. The SMILES string of the molecule is Br.CN(C)c1ccc(C(Br)C(=O)Nc2ccc3c(c2O)C(O)=C2C(=O)C4(O)C(O)=C(C(N)=O)C(=O)[C@@H](N(C)C)C4CC2C3)cc1. The molecule has 14 heteroatoms. The van der Waals surface area contributed by atoms with Gasteiger partial charge in [-0.15, -0.1) is 17.0 Å². The second-order valence-electron chi connectivity index (χ2n) is 11.8. The van der Waals surface area contributed by atoms with Crippen molar-refractivity contribution >= 4 is 73.4 Å². The van der Waals surface area contributed by atoms with Crippen LogP contribution in [0.4, 0.5) is 11.4 Å². The molecule has 0 spiro atoms. The van der Waals surface area contributed by atoms with Gasteiger partial charge in [-0.25, -0.2) is 0 Å². The van der Waals surface area contributed by atoms with Crippen LogP contribution in [0.2, 0.25) is 0 Å². The number of anilines is 2. The van der Waals surface area contributed by atoms with Gasteiger partial charge in [0, 0.05) is 31.3 Å². The van der Waals surface area contributed by atoms with Crippen molar-refractivity contribution in [1.82, 2.24) is 4.90 Å². The van der Waals surface area contributed by atoms with E-state index in [4.69, 9.17) is 5.73 Å². The third-order valence-electron chi connectivity index (χ3n) is 8.78. The molecule has 5 atom stereocenters. The van der Waals surface area contributed by atoms with E-state index >= 15 is 0 Å². The fourth-order valence-electron chi connectivity index (χ4n) is 6.61. The molecule has 0 saturated heterocycles. The number of hydrogen-bond donors (Lipinski definition) is 6. The summed E-state index contributed by atoms with van der Waals surface area (Å²) in [5, 5.41) is 48.0. The number of amides is 2. The summed E-state index contributed by atoms with van der Waals surface area (Å²) in [6.45, 7) is 0. The van der Waals surface area contributed by atoms with E-state index in [1.165, 1.54) is 25.1 Å². The maximum Gasteiger partial charge on any atom is 0.255 e. The van der Waals surface area contributed by atoms with E-state index in [0.717, 1.165) is 5.69 Å². The predicted molar refractivity (Wildman–Crippen MR) is 176 cm³/mol. The first-order valence-electron chi connectivity index (χ1n) is 13.8. The largest absolute Gasteiger partial charge is 0.508 e. The lowest BCUT2D eigenvalue weighted by Crippen LogP contribution is -2.65. The average Bonchev–Trinajstić information content (AvgIpc) is 2.95.